The van der Waals surface area contributed by atoms with E-state index >= 15 is 0 Å². The van der Waals surface area contributed by atoms with E-state index in [1.807, 2.05) is 11.0 Å². The molecule has 0 saturated carbocycles. The quantitative estimate of drug-likeness (QED) is 0.809. The number of nitrogens with zero attached hydrogens (tertiary/aromatic N) is 2. The fraction of sp³-hybridized carbons (Fsp3) is 0.588. The molecule has 21 heavy (non-hydrogen) atoms. The lowest BCUT2D eigenvalue weighted by molar-refractivity contribution is -0.137. The zero-order valence-corrected chi connectivity index (χ0v) is 14.6. The maximum atomic E-state index is 12.5. The molecule has 1 heterocycles. The summed E-state index contributed by atoms with van der Waals surface area (Å²) in [5.74, 6) is 0.498. The largest absolute Gasteiger partial charge is 0.343 e. The lowest BCUT2D eigenvalue weighted by Gasteiger charge is -2.34. The fourth-order valence-electron chi connectivity index (χ4n) is 3.06. The second-order valence-corrected chi connectivity index (χ2v) is 6.53. The summed E-state index contributed by atoms with van der Waals surface area (Å²) in [5, 5.41) is 0. The summed E-state index contributed by atoms with van der Waals surface area (Å²) in [6, 6.07) is 8.34. The molecule has 0 aromatic heterocycles. The van der Waals surface area contributed by atoms with Gasteiger partial charge in [-0.05, 0) is 44.9 Å². The minimum atomic E-state index is 0.168. The van der Waals surface area contributed by atoms with Crippen LogP contribution in [0.25, 0.3) is 0 Å². The number of carbonyl (C=O) groups is 1. The van der Waals surface area contributed by atoms with E-state index in [2.05, 4.69) is 52.9 Å². The molecule has 1 aliphatic rings. The molecule has 1 aromatic carbocycles. The first-order valence-electron chi connectivity index (χ1n) is 7.90. The molecule has 2 rings (SSSR count). The van der Waals surface area contributed by atoms with E-state index in [1.54, 1.807) is 0 Å². The number of halogens is 1. The van der Waals surface area contributed by atoms with Gasteiger partial charge in [-0.1, -0.05) is 34.1 Å². The molecule has 1 unspecified atom stereocenters. The van der Waals surface area contributed by atoms with E-state index in [-0.39, 0.29) is 5.92 Å². The van der Waals surface area contributed by atoms with Crippen molar-refractivity contribution in [2.45, 2.75) is 33.2 Å². The van der Waals surface area contributed by atoms with Crippen molar-refractivity contribution in [1.29, 1.82) is 0 Å². The molecule has 4 heteroatoms. The van der Waals surface area contributed by atoms with E-state index in [0.717, 1.165) is 50.0 Å². The lowest BCUT2D eigenvalue weighted by atomic mass is 9.96. The van der Waals surface area contributed by atoms with Crippen LogP contribution in [0.1, 0.15) is 32.3 Å². The molecular formula is C17H25BrN2O. The molecule has 0 N–H and O–H groups in total. The number of piperidine rings is 1. The van der Waals surface area contributed by atoms with Gasteiger partial charge in [0.25, 0.3) is 0 Å². The predicted octanol–water partition coefficient (Wildman–Crippen LogP) is 3.53. The Morgan fingerprint density at radius 2 is 2.05 bits per heavy atom. The van der Waals surface area contributed by atoms with Crippen LogP contribution in [-0.4, -0.2) is 41.9 Å². The number of hydrogen-bond acceptors (Lipinski definition) is 2. The molecule has 0 spiro atoms. The summed E-state index contributed by atoms with van der Waals surface area (Å²) in [5.41, 5.74) is 1.30. The summed E-state index contributed by atoms with van der Waals surface area (Å²) < 4.78 is 1.15. The molecule has 1 aliphatic heterocycles. The van der Waals surface area contributed by atoms with Crippen LogP contribution in [0.5, 0.6) is 0 Å². The van der Waals surface area contributed by atoms with Crippen LogP contribution in [0.15, 0.2) is 28.7 Å². The molecule has 3 nitrogen and oxygen atoms in total. The number of likely N-dealkylation sites (tertiary alicyclic amines) is 1. The van der Waals surface area contributed by atoms with Gasteiger partial charge in [0.05, 0.1) is 5.92 Å². The number of hydrogen-bond donors (Lipinski definition) is 0. The van der Waals surface area contributed by atoms with Gasteiger partial charge in [-0.2, -0.15) is 0 Å². The van der Waals surface area contributed by atoms with Crippen LogP contribution in [0.2, 0.25) is 0 Å². The molecule has 1 aromatic rings. The first-order chi connectivity index (χ1) is 10.2. The monoisotopic (exact) mass is 352 g/mol. The standard InChI is InChI=1S/C17H25BrN2O/c1-3-20(4-2)17(21)15-9-7-11-19(13-15)12-14-8-5-6-10-16(14)18/h5-6,8,10,15H,3-4,7,9,11-13H2,1-2H3. The van der Waals surface area contributed by atoms with Crippen molar-refractivity contribution < 1.29 is 4.79 Å². The Labute approximate surface area is 136 Å². The summed E-state index contributed by atoms with van der Waals surface area (Å²) in [6.45, 7) is 8.64. The van der Waals surface area contributed by atoms with Crippen molar-refractivity contribution >= 4 is 21.8 Å². The number of carbonyl (C=O) groups excluding carboxylic acids is 1. The zero-order valence-electron chi connectivity index (χ0n) is 13.0. The molecule has 0 aliphatic carbocycles. The second-order valence-electron chi connectivity index (χ2n) is 5.68. The maximum absolute atomic E-state index is 12.5. The minimum absolute atomic E-state index is 0.168. The Bertz CT molecular complexity index is 474. The van der Waals surface area contributed by atoms with Crippen LogP contribution in [0.3, 0.4) is 0 Å². The normalized spacial score (nSPS) is 19.5. The highest BCUT2D eigenvalue weighted by molar-refractivity contribution is 9.10. The van der Waals surface area contributed by atoms with Crippen molar-refractivity contribution in [2.24, 2.45) is 5.92 Å². The van der Waals surface area contributed by atoms with Gasteiger partial charge in [0, 0.05) is 30.7 Å². The Morgan fingerprint density at radius 3 is 2.71 bits per heavy atom. The van der Waals surface area contributed by atoms with E-state index in [0.29, 0.717) is 5.91 Å². The van der Waals surface area contributed by atoms with Crippen molar-refractivity contribution in [1.82, 2.24) is 9.80 Å². The van der Waals surface area contributed by atoms with Gasteiger partial charge >= 0.3 is 0 Å². The molecule has 0 bridgehead atoms. The van der Waals surface area contributed by atoms with Crippen LogP contribution < -0.4 is 0 Å². The molecule has 1 saturated heterocycles. The molecule has 1 fully saturated rings. The highest BCUT2D eigenvalue weighted by Gasteiger charge is 2.28. The topological polar surface area (TPSA) is 23.6 Å². The van der Waals surface area contributed by atoms with Gasteiger partial charge in [-0.3, -0.25) is 9.69 Å². The van der Waals surface area contributed by atoms with Crippen LogP contribution in [0, 0.1) is 5.92 Å². The van der Waals surface area contributed by atoms with Gasteiger partial charge in [0.15, 0.2) is 0 Å². The summed E-state index contributed by atoms with van der Waals surface area (Å²) in [6.07, 6.45) is 2.14. The molecule has 1 atom stereocenters. The van der Waals surface area contributed by atoms with E-state index in [9.17, 15) is 4.79 Å². The SMILES string of the molecule is CCN(CC)C(=O)C1CCCN(Cc2ccccc2Br)C1. The Kier molecular flexibility index (Phi) is 6.24. The van der Waals surface area contributed by atoms with Crippen molar-refractivity contribution in [3.8, 4) is 0 Å². The average Bonchev–Trinajstić information content (AvgIpc) is 2.51. The first-order valence-corrected chi connectivity index (χ1v) is 8.69. The van der Waals surface area contributed by atoms with Gasteiger partial charge in [0.1, 0.15) is 0 Å². The van der Waals surface area contributed by atoms with E-state index in [4.69, 9.17) is 0 Å². The van der Waals surface area contributed by atoms with Gasteiger partial charge in [0.2, 0.25) is 5.91 Å². The average molecular weight is 353 g/mol. The van der Waals surface area contributed by atoms with E-state index in [1.165, 1.54) is 5.56 Å². The lowest BCUT2D eigenvalue weighted by Crippen LogP contribution is -2.44. The molecular weight excluding hydrogens is 328 g/mol. The Morgan fingerprint density at radius 1 is 1.33 bits per heavy atom. The number of benzene rings is 1. The molecule has 0 radical (unpaired) electrons. The van der Waals surface area contributed by atoms with Gasteiger partial charge in [-0.25, -0.2) is 0 Å². The van der Waals surface area contributed by atoms with Crippen LogP contribution >= 0.6 is 15.9 Å². The second kappa shape index (κ2) is 7.95. The first kappa shape index (κ1) is 16.5. The van der Waals surface area contributed by atoms with E-state index < -0.39 is 0 Å². The van der Waals surface area contributed by atoms with Crippen molar-refractivity contribution in [2.75, 3.05) is 26.2 Å². The zero-order chi connectivity index (χ0) is 15.2. The Hall–Kier alpha value is -0.870. The minimum Gasteiger partial charge on any atom is -0.343 e. The van der Waals surface area contributed by atoms with Crippen molar-refractivity contribution in [3.05, 3.63) is 34.3 Å². The molecule has 1 amide bonds. The fourth-order valence-corrected chi connectivity index (χ4v) is 3.47. The smallest absolute Gasteiger partial charge is 0.226 e. The van der Waals surface area contributed by atoms with Crippen LogP contribution in [0.4, 0.5) is 0 Å². The van der Waals surface area contributed by atoms with Crippen LogP contribution in [-0.2, 0) is 11.3 Å². The Balaban J connectivity index is 1.98. The third kappa shape index (κ3) is 4.30. The third-order valence-corrected chi connectivity index (χ3v) is 5.06. The number of rotatable bonds is 5. The third-order valence-electron chi connectivity index (χ3n) is 4.28. The predicted molar refractivity (Wildman–Crippen MR) is 90.1 cm³/mol. The highest BCUT2D eigenvalue weighted by atomic mass is 79.9. The maximum Gasteiger partial charge on any atom is 0.226 e. The van der Waals surface area contributed by atoms with Gasteiger partial charge in [-0.15, -0.1) is 0 Å². The highest BCUT2D eigenvalue weighted by Crippen LogP contribution is 2.23. The van der Waals surface area contributed by atoms with Gasteiger partial charge < -0.3 is 4.90 Å². The summed E-state index contributed by atoms with van der Waals surface area (Å²) in [4.78, 5) is 16.9. The summed E-state index contributed by atoms with van der Waals surface area (Å²) >= 11 is 3.61. The summed E-state index contributed by atoms with van der Waals surface area (Å²) in [7, 11) is 0. The molecule has 116 valence electrons. The van der Waals surface area contributed by atoms with Crippen molar-refractivity contribution in [3.63, 3.8) is 0 Å². The number of amides is 1.